The summed E-state index contributed by atoms with van der Waals surface area (Å²) in [5, 5.41) is 10.0. The van der Waals surface area contributed by atoms with E-state index in [-0.39, 0.29) is 18.4 Å². The summed E-state index contributed by atoms with van der Waals surface area (Å²) in [4.78, 5) is 11.0. The van der Waals surface area contributed by atoms with E-state index in [9.17, 15) is 18.8 Å². The molecule has 0 spiro atoms. The van der Waals surface area contributed by atoms with Crippen LogP contribution in [0.4, 0.5) is 13.6 Å². The molecule has 144 valence electrons. The summed E-state index contributed by atoms with van der Waals surface area (Å²) in [5.74, 6) is -0.380. The molecule has 2 unspecified atom stereocenters. The SMILES string of the molecule is NC(=O)N(O)CC1CC1c1occc1-c1cccc(-c2ccc(F)cc2F)c1. The van der Waals surface area contributed by atoms with Gasteiger partial charge < -0.3 is 10.2 Å². The van der Waals surface area contributed by atoms with Crippen LogP contribution >= 0.6 is 0 Å². The van der Waals surface area contributed by atoms with Crippen LogP contribution in [0.1, 0.15) is 18.1 Å². The first-order chi connectivity index (χ1) is 13.4. The smallest absolute Gasteiger partial charge is 0.338 e. The van der Waals surface area contributed by atoms with Crippen LogP contribution in [0.2, 0.25) is 0 Å². The van der Waals surface area contributed by atoms with Gasteiger partial charge in [0.15, 0.2) is 0 Å². The third kappa shape index (κ3) is 3.48. The number of halogens is 2. The minimum Gasteiger partial charge on any atom is -0.468 e. The number of benzene rings is 2. The Bertz CT molecular complexity index is 1030. The molecule has 0 bridgehead atoms. The molecule has 0 radical (unpaired) electrons. The van der Waals surface area contributed by atoms with Crippen molar-refractivity contribution in [3.05, 3.63) is 72.2 Å². The van der Waals surface area contributed by atoms with Gasteiger partial charge in [-0.25, -0.2) is 18.6 Å². The molecule has 0 aliphatic heterocycles. The van der Waals surface area contributed by atoms with Crippen LogP contribution in [0.15, 0.2) is 59.2 Å². The maximum Gasteiger partial charge on any atom is 0.338 e. The van der Waals surface area contributed by atoms with Crippen LogP contribution < -0.4 is 5.73 Å². The molecule has 1 saturated carbocycles. The molecule has 28 heavy (non-hydrogen) atoms. The van der Waals surface area contributed by atoms with Crippen LogP contribution in [-0.4, -0.2) is 22.8 Å². The lowest BCUT2D eigenvalue weighted by atomic mass is 9.98. The molecule has 1 fully saturated rings. The molecule has 1 aliphatic rings. The molecular weight excluding hydrogens is 366 g/mol. The number of nitrogens with two attached hydrogens (primary N) is 1. The Balaban J connectivity index is 1.60. The molecule has 7 heteroatoms. The number of carbonyl (C=O) groups excluding carboxylic acids is 1. The van der Waals surface area contributed by atoms with Gasteiger partial charge in [0, 0.05) is 23.1 Å². The summed E-state index contributed by atoms with van der Waals surface area (Å²) < 4.78 is 33.0. The largest absolute Gasteiger partial charge is 0.468 e. The van der Waals surface area contributed by atoms with E-state index >= 15 is 0 Å². The van der Waals surface area contributed by atoms with Gasteiger partial charge in [-0.15, -0.1) is 0 Å². The minimum atomic E-state index is -0.889. The molecule has 4 rings (SSSR count). The third-order valence-electron chi connectivity index (χ3n) is 5.03. The molecule has 5 nitrogen and oxygen atoms in total. The maximum absolute atomic E-state index is 14.1. The van der Waals surface area contributed by atoms with Gasteiger partial charge in [0.25, 0.3) is 0 Å². The lowest BCUT2D eigenvalue weighted by Crippen LogP contribution is -2.34. The van der Waals surface area contributed by atoms with E-state index in [4.69, 9.17) is 10.2 Å². The first kappa shape index (κ1) is 18.2. The molecule has 1 heterocycles. The zero-order valence-electron chi connectivity index (χ0n) is 14.8. The fraction of sp³-hybridized carbons (Fsp3) is 0.190. The highest BCUT2D eigenvalue weighted by atomic mass is 19.1. The van der Waals surface area contributed by atoms with Crippen molar-refractivity contribution in [1.29, 1.82) is 0 Å². The Morgan fingerprint density at radius 2 is 1.89 bits per heavy atom. The number of rotatable bonds is 5. The van der Waals surface area contributed by atoms with Gasteiger partial charge in [-0.1, -0.05) is 18.2 Å². The minimum absolute atomic E-state index is 0.0557. The number of hydrogen-bond acceptors (Lipinski definition) is 3. The van der Waals surface area contributed by atoms with E-state index in [2.05, 4.69) is 0 Å². The van der Waals surface area contributed by atoms with Gasteiger partial charge in [0.1, 0.15) is 17.4 Å². The van der Waals surface area contributed by atoms with Crippen molar-refractivity contribution in [3.63, 3.8) is 0 Å². The molecule has 2 atom stereocenters. The van der Waals surface area contributed by atoms with Crippen LogP contribution in [-0.2, 0) is 0 Å². The monoisotopic (exact) mass is 384 g/mol. The quantitative estimate of drug-likeness (QED) is 0.491. The molecule has 3 N–H and O–H groups in total. The molecule has 0 saturated heterocycles. The van der Waals surface area contributed by atoms with Crippen LogP contribution in [0.3, 0.4) is 0 Å². The normalized spacial score (nSPS) is 18.1. The number of amides is 2. The van der Waals surface area contributed by atoms with Gasteiger partial charge in [-0.2, -0.15) is 0 Å². The molecular formula is C21H18F2N2O3. The summed E-state index contributed by atoms with van der Waals surface area (Å²) in [6.07, 6.45) is 2.34. The Morgan fingerprint density at radius 1 is 1.14 bits per heavy atom. The van der Waals surface area contributed by atoms with Crippen molar-refractivity contribution in [2.45, 2.75) is 12.3 Å². The summed E-state index contributed by atoms with van der Waals surface area (Å²) in [6, 6.07) is 11.7. The van der Waals surface area contributed by atoms with Crippen molar-refractivity contribution in [3.8, 4) is 22.3 Å². The van der Waals surface area contributed by atoms with Crippen molar-refractivity contribution >= 4 is 6.03 Å². The molecule has 1 aliphatic carbocycles. The van der Waals surface area contributed by atoms with E-state index in [1.54, 1.807) is 18.4 Å². The first-order valence-electron chi connectivity index (χ1n) is 8.83. The highest BCUT2D eigenvalue weighted by Crippen LogP contribution is 2.51. The van der Waals surface area contributed by atoms with E-state index < -0.39 is 17.7 Å². The topological polar surface area (TPSA) is 79.7 Å². The third-order valence-corrected chi connectivity index (χ3v) is 5.03. The number of furan rings is 1. The number of urea groups is 1. The second-order valence-corrected chi connectivity index (χ2v) is 6.93. The van der Waals surface area contributed by atoms with Crippen molar-refractivity contribution < 1.29 is 23.2 Å². The number of hydrogen-bond donors (Lipinski definition) is 2. The van der Waals surface area contributed by atoms with Gasteiger partial charge in [-0.05, 0) is 47.7 Å². The molecule has 3 aromatic rings. The maximum atomic E-state index is 14.1. The molecule has 2 amide bonds. The number of hydroxylamine groups is 2. The van der Waals surface area contributed by atoms with Gasteiger partial charge in [-0.3, -0.25) is 5.21 Å². The summed E-state index contributed by atoms with van der Waals surface area (Å²) in [7, 11) is 0. The van der Waals surface area contributed by atoms with Crippen molar-refractivity contribution in [1.82, 2.24) is 5.06 Å². The Labute approximate surface area is 159 Å². The fourth-order valence-corrected chi connectivity index (χ4v) is 3.51. The van der Waals surface area contributed by atoms with E-state index in [0.717, 1.165) is 29.4 Å². The van der Waals surface area contributed by atoms with E-state index in [1.165, 1.54) is 12.1 Å². The summed E-state index contributed by atoms with van der Waals surface area (Å²) in [6.45, 7) is 0.140. The number of nitrogens with zero attached hydrogens (tertiary/aromatic N) is 1. The first-order valence-corrected chi connectivity index (χ1v) is 8.83. The number of primary amides is 1. The lowest BCUT2D eigenvalue weighted by molar-refractivity contribution is -0.0432. The van der Waals surface area contributed by atoms with Crippen molar-refractivity contribution in [2.24, 2.45) is 11.7 Å². The van der Waals surface area contributed by atoms with Crippen LogP contribution in [0.5, 0.6) is 0 Å². The van der Waals surface area contributed by atoms with Crippen LogP contribution in [0, 0.1) is 17.6 Å². The predicted molar refractivity (Wildman–Crippen MR) is 98.4 cm³/mol. The van der Waals surface area contributed by atoms with Gasteiger partial charge >= 0.3 is 6.03 Å². The molecule has 1 aromatic heterocycles. The highest BCUT2D eigenvalue weighted by molar-refractivity contribution is 5.75. The van der Waals surface area contributed by atoms with Crippen molar-refractivity contribution in [2.75, 3.05) is 6.54 Å². The summed E-state index contributed by atoms with van der Waals surface area (Å²) >= 11 is 0. The second-order valence-electron chi connectivity index (χ2n) is 6.93. The number of carbonyl (C=O) groups is 1. The molecule has 2 aromatic carbocycles. The predicted octanol–water partition coefficient (Wildman–Crippen LogP) is 4.77. The summed E-state index contributed by atoms with van der Waals surface area (Å²) in [5.41, 5.74) is 7.69. The van der Waals surface area contributed by atoms with Gasteiger partial charge in [0.2, 0.25) is 0 Å². The Morgan fingerprint density at radius 3 is 2.61 bits per heavy atom. The lowest BCUT2D eigenvalue weighted by Gasteiger charge is -2.11. The Hall–Kier alpha value is -3.19. The fourth-order valence-electron chi connectivity index (χ4n) is 3.51. The standard InChI is InChI=1S/C21H18F2N2O3/c22-15-4-5-16(19(23)10-15)12-2-1-3-13(8-12)17-6-7-28-20(17)18-9-14(18)11-25(27)21(24)26/h1-8,10,14,18,27H,9,11H2,(H2,24,26). The van der Waals surface area contributed by atoms with E-state index in [1.807, 2.05) is 18.2 Å². The zero-order valence-corrected chi connectivity index (χ0v) is 14.8. The Kier molecular flexibility index (Phi) is 4.60. The van der Waals surface area contributed by atoms with Gasteiger partial charge in [0.05, 0.1) is 12.8 Å². The average Bonchev–Trinajstić information content (AvgIpc) is 3.24. The highest BCUT2D eigenvalue weighted by Gasteiger charge is 2.43. The zero-order chi connectivity index (χ0) is 19.8. The van der Waals surface area contributed by atoms with E-state index in [0.29, 0.717) is 16.2 Å². The van der Waals surface area contributed by atoms with Crippen LogP contribution in [0.25, 0.3) is 22.3 Å². The average molecular weight is 384 g/mol. The second kappa shape index (κ2) is 7.09.